The zero-order valence-electron chi connectivity index (χ0n) is 16.7. The molecule has 0 spiro atoms. The van der Waals surface area contributed by atoms with Gasteiger partial charge in [-0.3, -0.25) is 4.79 Å². The van der Waals surface area contributed by atoms with E-state index < -0.39 is 0 Å². The molecule has 5 aromatic rings. The summed E-state index contributed by atoms with van der Waals surface area (Å²) in [6.45, 7) is 1.94. The van der Waals surface area contributed by atoms with Crippen molar-refractivity contribution in [3.63, 3.8) is 0 Å². The largest absolute Gasteiger partial charge is 0.508 e. The average Bonchev–Trinajstić information content (AvgIpc) is 3.29. The molecular weight excluding hydrogens is 386 g/mol. The number of para-hydroxylation sites is 1. The lowest BCUT2D eigenvalue weighted by molar-refractivity contribution is 0.104. The third-order valence-electron chi connectivity index (χ3n) is 5.80. The summed E-state index contributed by atoms with van der Waals surface area (Å²) in [6, 6.07) is 24.4. The molecule has 0 fully saturated rings. The molecule has 0 unspecified atom stereocenters. The molecule has 1 aliphatic rings. The molecule has 0 aliphatic heterocycles. The molecule has 0 saturated carbocycles. The highest BCUT2D eigenvalue weighted by atomic mass is 16.3. The van der Waals surface area contributed by atoms with E-state index in [9.17, 15) is 9.90 Å². The molecule has 0 bridgehead atoms. The van der Waals surface area contributed by atoms with Gasteiger partial charge in [-0.2, -0.15) is 5.10 Å². The maximum atomic E-state index is 13.5. The molecule has 148 valence electrons. The Morgan fingerprint density at radius 3 is 2.23 bits per heavy atom. The predicted molar refractivity (Wildman–Crippen MR) is 120 cm³/mol. The van der Waals surface area contributed by atoms with E-state index in [0.29, 0.717) is 22.5 Å². The first-order valence-corrected chi connectivity index (χ1v) is 10.1. The maximum Gasteiger partial charge on any atom is 0.196 e. The number of nitrogens with zero attached hydrogens (tertiary/aromatic N) is 3. The highest BCUT2D eigenvalue weighted by Crippen LogP contribution is 2.45. The number of phenols is 1. The first kappa shape index (κ1) is 17.6. The van der Waals surface area contributed by atoms with Crippen LogP contribution < -0.4 is 0 Å². The van der Waals surface area contributed by atoms with Gasteiger partial charge in [-0.05, 0) is 36.8 Å². The number of rotatable bonds is 2. The molecular formula is C26H17N3O2. The third-order valence-corrected chi connectivity index (χ3v) is 5.80. The number of aromatic nitrogens is 3. The predicted octanol–water partition coefficient (Wildman–Crippen LogP) is 5.31. The summed E-state index contributed by atoms with van der Waals surface area (Å²) in [6.07, 6.45) is 0. The van der Waals surface area contributed by atoms with Crippen LogP contribution in [0.1, 0.15) is 21.6 Å². The van der Waals surface area contributed by atoms with E-state index in [-0.39, 0.29) is 11.5 Å². The number of aryl methyl sites for hydroxylation is 1. The fourth-order valence-corrected chi connectivity index (χ4v) is 4.42. The minimum Gasteiger partial charge on any atom is -0.508 e. The van der Waals surface area contributed by atoms with Crippen LogP contribution in [-0.4, -0.2) is 25.7 Å². The van der Waals surface area contributed by atoms with E-state index in [1.807, 2.05) is 78.3 Å². The molecule has 1 aliphatic carbocycles. The van der Waals surface area contributed by atoms with Crippen LogP contribution in [0.3, 0.4) is 0 Å². The van der Waals surface area contributed by atoms with Crippen molar-refractivity contribution >= 4 is 16.8 Å². The monoisotopic (exact) mass is 403 g/mol. The summed E-state index contributed by atoms with van der Waals surface area (Å²) < 4.78 is 1.83. The molecule has 0 atom stereocenters. The molecule has 5 heteroatoms. The second-order valence-electron chi connectivity index (χ2n) is 7.66. The second-order valence-corrected chi connectivity index (χ2v) is 7.66. The molecule has 2 heterocycles. The highest BCUT2D eigenvalue weighted by molar-refractivity contribution is 6.26. The van der Waals surface area contributed by atoms with Crippen molar-refractivity contribution in [2.45, 2.75) is 6.92 Å². The number of ketones is 1. The van der Waals surface area contributed by atoms with Crippen LogP contribution in [0.2, 0.25) is 0 Å². The number of phenolic OH excluding ortho intramolecular Hbond substituents is 1. The Morgan fingerprint density at radius 2 is 1.48 bits per heavy atom. The first-order chi connectivity index (χ1) is 15.1. The van der Waals surface area contributed by atoms with Crippen molar-refractivity contribution in [3.05, 3.63) is 95.7 Å². The van der Waals surface area contributed by atoms with E-state index in [0.717, 1.165) is 33.5 Å². The number of hydrogen-bond acceptors (Lipinski definition) is 4. The summed E-state index contributed by atoms with van der Waals surface area (Å²) in [5.41, 5.74) is 6.82. The summed E-state index contributed by atoms with van der Waals surface area (Å²) in [4.78, 5) is 18.4. The van der Waals surface area contributed by atoms with Gasteiger partial charge in [0.15, 0.2) is 11.4 Å². The summed E-state index contributed by atoms with van der Waals surface area (Å²) >= 11 is 0. The summed E-state index contributed by atoms with van der Waals surface area (Å²) in [5, 5.41) is 15.4. The molecule has 0 radical (unpaired) electrons. The van der Waals surface area contributed by atoms with E-state index in [2.05, 4.69) is 0 Å². The van der Waals surface area contributed by atoms with Crippen LogP contribution in [0, 0.1) is 6.92 Å². The lowest BCUT2D eigenvalue weighted by atomic mass is 9.94. The van der Waals surface area contributed by atoms with Gasteiger partial charge >= 0.3 is 0 Å². The van der Waals surface area contributed by atoms with E-state index in [1.54, 1.807) is 12.1 Å². The van der Waals surface area contributed by atoms with Crippen molar-refractivity contribution in [1.82, 2.24) is 14.8 Å². The lowest BCUT2D eigenvalue weighted by Gasteiger charge is -2.11. The van der Waals surface area contributed by atoms with Gasteiger partial charge in [-0.1, -0.05) is 54.6 Å². The van der Waals surface area contributed by atoms with Crippen LogP contribution in [0.15, 0.2) is 78.9 Å². The zero-order valence-corrected chi connectivity index (χ0v) is 16.7. The smallest absolute Gasteiger partial charge is 0.196 e. The van der Waals surface area contributed by atoms with Crippen molar-refractivity contribution in [1.29, 1.82) is 0 Å². The van der Waals surface area contributed by atoms with Gasteiger partial charge in [-0.15, -0.1) is 0 Å². The Hall–Kier alpha value is -4.25. The molecule has 5 nitrogen and oxygen atoms in total. The number of pyridine rings is 1. The molecule has 31 heavy (non-hydrogen) atoms. The van der Waals surface area contributed by atoms with Gasteiger partial charge in [0.05, 0.1) is 28.0 Å². The maximum absolute atomic E-state index is 13.5. The minimum absolute atomic E-state index is 0.0325. The number of hydrogen-bond donors (Lipinski definition) is 1. The average molecular weight is 403 g/mol. The Bertz CT molecular complexity index is 1500. The van der Waals surface area contributed by atoms with Crippen LogP contribution in [0.5, 0.6) is 5.75 Å². The molecule has 3 aromatic carbocycles. The molecule has 2 aromatic heterocycles. The van der Waals surface area contributed by atoms with Crippen molar-refractivity contribution in [2.75, 3.05) is 0 Å². The van der Waals surface area contributed by atoms with E-state index >= 15 is 0 Å². The Balaban J connectivity index is 1.78. The second kappa shape index (κ2) is 6.37. The highest BCUT2D eigenvalue weighted by Gasteiger charge is 2.34. The fourth-order valence-electron chi connectivity index (χ4n) is 4.42. The fraction of sp³-hybridized carbons (Fsp3) is 0.0385. The SMILES string of the molecule is Cc1nn(-c2ccccc2)c2nc3c(c(-c4ccc(O)cc4)c12)C(=O)c1ccccc1-3. The molecule has 0 saturated heterocycles. The number of carbonyl (C=O) groups is 1. The van der Waals surface area contributed by atoms with Crippen LogP contribution in [0.4, 0.5) is 0 Å². The Labute approximate surface area is 178 Å². The zero-order chi connectivity index (χ0) is 21.1. The van der Waals surface area contributed by atoms with E-state index in [1.165, 1.54) is 0 Å². The normalized spacial score (nSPS) is 12.2. The Morgan fingerprint density at radius 1 is 0.806 bits per heavy atom. The van der Waals surface area contributed by atoms with Gasteiger partial charge in [0.25, 0.3) is 0 Å². The Kier molecular flexibility index (Phi) is 3.62. The van der Waals surface area contributed by atoms with Gasteiger partial charge in [0.2, 0.25) is 0 Å². The van der Waals surface area contributed by atoms with Crippen molar-refractivity contribution < 1.29 is 9.90 Å². The number of aromatic hydroxyl groups is 1. The standard InChI is InChI=1S/C26H17N3O2/c1-15-21-22(16-11-13-18(30)14-12-16)23-24(19-9-5-6-10-20(19)25(23)31)27-26(21)29(28-15)17-7-3-2-4-8-17/h2-14,30H,1H3. The molecule has 0 amide bonds. The van der Waals surface area contributed by atoms with Crippen LogP contribution in [-0.2, 0) is 0 Å². The lowest BCUT2D eigenvalue weighted by Crippen LogP contribution is -2.02. The minimum atomic E-state index is -0.0325. The number of carbonyl (C=O) groups excluding carboxylic acids is 1. The molecule has 6 rings (SSSR count). The quantitative estimate of drug-likeness (QED) is 0.425. The number of benzene rings is 3. The van der Waals surface area contributed by atoms with Gasteiger partial charge in [-0.25, -0.2) is 9.67 Å². The molecule has 1 N–H and O–H groups in total. The summed E-state index contributed by atoms with van der Waals surface area (Å²) in [5.74, 6) is 0.145. The van der Waals surface area contributed by atoms with Gasteiger partial charge in [0.1, 0.15) is 5.75 Å². The number of fused-ring (bicyclic) bond motifs is 4. The third kappa shape index (κ3) is 2.47. The first-order valence-electron chi connectivity index (χ1n) is 10.1. The van der Waals surface area contributed by atoms with Gasteiger partial charge < -0.3 is 5.11 Å². The summed E-state index contributed by atoms with van der Waals surface area (Å²) in [7, 11) is 0. The van der Waals surface area contributed by atoms with Crippen LogP contribution in [0.25, 0.3) is 39.1 Å². The van der Waals surface area contributed by atoms with Crippen LogP contribution >= 0.6 is 0 Å². The van der Waals surface area contributed by atoms with Crippen molar-refractivity contribution in [2.24, 2.45) is 0 Å². The van der Waals surface area contributed by atoms with Gasteiger partial charge in [0, 0.05) is 16.7 Å². The topological polar surface area (TPSA) is 68.0 Å². The van der Waals surface area contributed by atoms with Crippen molar-refractivity contribution in [3.8, 4) is 33.8 Å². The van der Waals surface area contributed by atoms with E-state index in [4.69, 9.17) is 10.1 Å².